The Kier molecular flexibility index (Phi) is 4.07. The van der Waals surface area contributed by atoms with Gasteiger partial charge in [-0.05, 0) is 40.5 Å². The molecule has 2 rings (SSSR count). The Morgan fingerprint density at radius 2 is 2.15 bits per heavy atom. The number of amides is 1. The van der Waals surface area contributed by atoms with Gasteiger partial charge in [-0.25, -0.2) is 9.78 Å². The summed E-state index contributed by atoms with van der Waals surface area (Å²) in [6, 6.07) is 0. The molecule has 20 heavy (non-hydrogen) atoms. The lowest BCUT2D eigenvalue weighted by atomic mass is 9.67. The number of rotatable bonds is 3. The highest BCUT2D eigenvalue weighted by Gasteiger charge is 2.40. The van der Waals surface area contributed by atoms with Gasteiger partial charge in [-0.2, -0.15) is 0 Å². The van der Waals surface area contributed by atoms with Crippen LogP contribution >= 0.6 is 11.3 Å². The average molecular weight is 297 g/mol. The average Bonchev–Trinajstić information content (AvgIpc) is 2.56. The zero-order valence-corrected chi connectivity index (χ0v) is 13.4. The molecule has 3 N–H and O–H groups in total. The van der Waals surface area contributed by atoms with Crippen LogP contribution in [0.15, 0.2) is 0 Å². The Morgan fingerprint density at radius 1 is 1.50 bits per heavy atom. The topological polar surface area (TPSA) is 77.2 Å². The molecule has 0 aliphatic heterocycles. The van der Waals surface area contributed by atoms with Crippen molar-refractivity contribution in [1.82, 2.24) is 4.98 Å². The third-order valence-electron chi connectivity index (χ3n) is 3.59. The highest BCUT2D eigenvalue weighted by Crippen LogP contribution is 2.47. The number of aromatic nitrogens is 1. The van der Waals surface area contributed by atoms with Gasteiger partial charge in [0.25, 0.3) is 0 Å². The third kappa shape index (κ3) is 3.12. The maximum absolute atomic E-state index is 11.8. The molecule has 1 fully saturated rings. The van der Waals surface area contributed by atoms with Crippen LogP contribution in [0, 0.1) is 6.92 Å². The van der Waals surface area contributed by atoms with Crippen molar-refractivity contribution in [3.63, 3.8) is 0 Å². The number of carbonyl (C=O) groups excluding carboxylic acids is 1. The highest BCUT2D eigenvalue weighted by molar-refractivity contribution is 7.16. The van der Waals surface area contributed by atoms with Gasteiger partial charge < -0.3 is 10.5 Å². The molecule has 1 aliphatic rings. The molecule has 0 spiro atoms. The molecule has 6 heteroatoms. The monoisotopic (exact) mass is 297 g/mol. The van der Waals surface area contributed by atoms with Crippen LogP contribution in [0.1, 0.15) is 50.6 Å². The molecular weight excluding hydrogens is 274 g/mol. The lowest BCUT2D eigenvalue weighted by Crippen LogP contribution is -2.41. The zero-order valence-electron chi connectivity index (χ0n) is 12.6. The van der Waals surface area contributed by atoms with Gasteiger partial charge in [0.1, 0.15) is 5.60 Å². The normalized spacial score (nSPS) is 17.4. The number of nitrogens with zero attached hydrogens (tertiary/aromatic N) is 1. The first-order valence-corrected chi connectivity index (χ1v) is 7.75. The lowest BCUT2D eigenvalue weighted by molar-refractivity contribution is 0.0636. The van der Waals surface area contributed by atoms with Crippen LogP contribution in [-0.2, 0) is 10.2 Å². The molecule has 1 amide bonds. The number of ether oxygens (including phenoxy) is 1. The van der Waals surface area contributed by atoms with Crippen LogP contribution in [0.3, 0.4) is 0 Å². The van der Waals surface area contributed by atoms with E-state index in [1.807, 2.05) is 27.7 Å². The van der Waals surface area contributed by atoms with Gasteiger partial charge >= 0.3 is 6.09 Å². The summed E-state index contributed by atoms with van der Waals surface area (Å²) in [6.07, 6.45) is 2.97. The van der Waals surface area contributed by atoms with Crippen molar-refractivity contribution in [2.45, 2.75) is 58.0 Å². The Morgan fingerprint density at radius 3 is 2.60 bits per heavy atom. The molecule has 1 saturated carbocycles. The van der Waals surface area contributed by atoms with Gasteiger partial charge in [0.05, 0.1) is 5.69 Å². The van der Waals surface area contributed by atoms with E-state index in [-0.39, 0.29) is 5.41 Å². The predicted molar refractivity (Wildman–Crippen MR) is 81.3 cm³/mol. The predicted octanol–water partition coefficient (Wildman–Crippen LogP) is 3.18. The summed E-state index contributed by atoms with van der Waals surface area (Å²) in [5.74, 6) is 0. The fourth-order valence-electron chi connectivity index (χ4n) is 2.46. The van der Waals surface area contributed by atoms with Crippen LogP contribution in [-0.4, -0.2) is 23.2 Å². The number of thiazole rings is 1. The van der Waals surface area contributed by atoms with E-state index in [2.05, 4.69) is 10.3 Å². The molecule has 0 unspecified atom stereocenters. The molecule has 1 aliphatic carbocycles. The fourth-order valence-corrected chi connectivity index (χ4v) is 3.67. The number of carbonyl (C=O) groups is 1. The van der Waals surface area contributed by atoms with Gasteiger partial charge in [-0.3, -0.25) is 5.32 Å². The Balaban J connectivity index is 2.10. The van der Waals surface area contributed by atoms with Crippen molar-refractivity contribution in [3.05, 3.63) is 10.6 Å². The quantitative estimate of drug-likeness (QED) is 0.898. The van der Waals surface area contributed by atoms with Crippen molar-refractivity contribution < 1.29 is 9.53 Å². The first-order valence-electron chi connectivity index (χ1n) is 6.94. The number of aryl methyl sites for hydroxylation is 1. The van der Waals surface area contributed by atoms with E-state index in [9.17, 15) is 4.79 Å². The van der Waals surface area contributed by atoms with E-state index in [1.54, 1.807) is 0 Å². The molecule has 1 heterocycles. The van der Waals surface area contributed by atoms with E-state index >= 15 is 0 Å². The van der Waals surface area contributed by atoms with Gasteiger partial charge in [0, 0.05) is 16.8 Å². The zero-order chi connectivity index (χ0) is 15.0. The molecular formula is C14H23N3O2S. The van der Waals surface area contributed by atoms with E-state index < -0.39 is 11.7 Å². The molecule has 0 radical (unpaired) electrons. The Labute approximate surface area is 123 Å². The third-order valence-corrected chi connectivity index (χ3v) is 4.91. The minimum absolute atomic E-state index is 0.0790. The smallest absolute Gasteiger partial charge is 0.413 e. The summed E-state index contributed by atoms with van der Waals surface area (Å²) >= 11 is 1.52. The van der Waals surface area contributed by atoms with Crippen molar-refractivity contribution >= 4 is 22.6 Å². The molecule has 112 valence electrons. The van der Waals surface area contributed by atoms with E-state index in [4.69, 9.17) is 10.5 Å². The number of hydrogen-bond donors (Lipinski definition) is 2. The van der Waals surface area contributed by atoms with Crippen molar-refractivity contribution in [3.8, 4) is 0 Å². The fraction of sp³-hybridized carbons (Fsp3) is 0.714. The van der Waals surface area contributed by atoms with Gasteiger partial charge in [-0.15, -0.1) is 11.3 Å². The SMILES string of the molecule is Cc1nc(NC(=O)OC(C)(C)C)sc1C1(CN)CCC1. The number of hydrogen-bond acceptors (Lipinski definition) is 5. The number of nitrogens with one attached hydrogen (secondary N) is 1. The second-order valence-electron chi connectivity index (χ2n) is 6.40. The molecule has 0 aromatic carbocycles. The molecule has 0 atom stereocenters. The molecule has 1 aromatic heterocycles. The Bertz CT molecular complexity index is 495. The van der Waals surface area contributed by atoms with E-state index in [1.165, 1.54) is 22.6 Å². The van der Waals surface area contributed by atoms with Crippen LogP contribution < -0.4 is 11.1 Å². The summed E-state index contributed by atoms with van der Waals surface area (Å²) < 4.78 is 5.23. The summed E-state index contributed by atoms with van der Waals surface area (Å²) in [7, 11) is 0. The summed E-state index contributed by atoms with van der Waals surface area (Å²) in [5, 5.41) is 3.30. The standard InChI is InChI=1S/C14H23N3O2S/c1-9-10(14(8-15)6-5-7-14)20-11(16-9)17-12(18)19-13(2,3)4/h5-8,15H2,1-4H3,(H,16,17,18). The lowest BCUT2D eigenvalue weighted by Gasteiger charge is -2.40. The minimum Gasteiger partial charge on any atom is -0.444 e. The molecule has 1 aromatic rings. The van der Waals surface area contributed by atoms with Crippen molar-refractivity contribution in [2.75, 3.05) is 11.9 Å². The summed E-state index contributed by atoms with van der Waals surface area (Å²) in [6.45, 7) is 8.12. The summed E-state index contributed by atoms with van der Waals surface area (Å²) in [4.78, 5) is 17.4. The first kappa shape index (κ1) is 15.3. The van der Waals surface area contributed by atoms with Gasteiger partial charge in [0.2, 0.25) is 0 Å². The van der Waals surface area contributed by atoms with Crippen LogP contribution in [0.25, 0.3) is 0 Å². The second kappa shape index (κ2) is 5.33. The maximum atomic E-state index is 11.8. The second-order valence-corrected chi connectivity index (χ2v) is 7.40. The van der Waals surface area contributed by atoms with Crippen LogP contribution in [0.4, 0.5) is 9.93 Å². The van der Waals surface area contributed by atoms with E-state index in [0.29, 0.717) is 11.7 Å². The van der Waals surface area contributed by atoms with Crippen molar-refractivity contribution in [1.29, 1.82) is 0 Å². The number of nitrogens with two attached hydrogens (primary N) is 1. The molecule has 0 bridgehead atoms. The minimum atomic E-state index is -0.508. The Hall–Kier alpha value is -1.14. The van der Waals surface area contributed by atoms with E-state index in [0.717, 1.165) is 18.5 Å². The van der Waals surface area contributed by atoms with Crippen LogP contribution in [0.5, 0.6) is 0 Å². The maximum Gasteiger partial charge on any atom is 0.413 e. The number of anilines is 1. The largest absolute Gasteiger partial charge is 0.444 e. The van der Waals surface area contributed by atoms with Crippen molar-refractivity contribution in [2.24, 2.45) is 5.73 Å². The van der Waals surface area contributed by atoms with Gasteiger partial charge in [0.15, 0.2) is 5.13 Å². The molecule has 0 saturated heterocycles. The highest BCUT2D eigenvalue weighted by atomic mass is 32.1. The van der Waals surface area contributed by atoms with Crippen LogP contribution in [0.2, 0.25) is 0 Å². The first-order chi connectivity index (χ1) is 9.26. The van der Waals surface area contributed by atoms with Gasteiger partial charge in [-0.1, -0.05) is 6.42 Å². The summed E-state index contributed by atoms with van der Waals surface area (Å²) in [5.41, 5.74) is 6.47. The molecule has 5 nitrogen and oxygen atoms in total.